The summed E-state index contributed by atoms with van der Waals surface area (Å²) < 4.78 is 5.73. The Balaban J connectivity index is 2.17. The van der Waals surface area contributed by atoms with Crippen molar-refractivity contribution in [2.75, 3.05) is 6.61 Å². The molecule has 0 radical (unpaired) electrons. The molecule has 98 valence electrons. The van der Waals surface area contributed by atoms with E-state index in [9.17, 15) is 0 Å². The van der Waals surface area contributed by atoms with Gasteiger partial charge >= 0.3 is 0 Å². The van der Waals surface area contributed by atoms with E-state index in [1.807, 2.05) is 42.5 Å². The van der Waals surface area contributed by atoms with E-state index in [0.29, 0.717) is 17.9 Å². The molecule has 0 spiro atoms. The van der Waals surface area contributed by atoms with E-state index in [0.717, 1.165) is 11.1 Å². The van der Waals surface area contributed by atoms with Crippen molar-refractivity contribution in [2.24, 2.45) is 0 Å². The zero-order valence-corrected chi connectivity index (χ0v) is 10.8. The molecule has 0 saturated heterocycles. The second-order valence-corrected chi connectivity index (χ2v) is 4.01. The first-order valence-corrected chi connectivity index (χ1v) is 6.14. The molecule has 0 aliphatic carbocycles. The number of nitrogens with zero attached hydrogens (tertiary/aromatic N) is 1. The van der Waals surface area contributed by atoms with Crippen molar-refractivity contribution in [3.05, 3.63) is 65.2 Å². The molecule has 0 aliphatic rings. The average molecular weight is 263 g/mol. The topological polar surface area (TPSA) is 53.2 Å². The summed E-state index contributed by atoms with van der Waals surface area (Å²) >= 11 is 0. The van der Waals surface area contributed by atoms with Crippen molar-refractivity contribution in [3.8, 4) is 23.7 Å². The third kappa shape index (κ3) is 3.38. The molecular weight excluding hydrogens is 250 g/mol. The Bertz CT molecular complexity index is 690. The van der Waals surface area contributed by atoms with Crippen LogP contribution in [0.1, 0.15) is 16.7 Å². The molecule has 0 fully saturated rings. The third-order valence-electron chi connectivity index (χ3n) is 2.71. The van der Waals surface area contributed by atoms with Gasteiger partial charge in [-0.3, -0.25) is 0 Å². The molecule has 20 heavy (non-hydrogen) atoms. The van der Waals surface area contributed by atoms with Gasteiger partial charge in [0, 0.05) is 5.56 Å². The Labute approximate surface area is 118 Å². The van der Waals surface area contributed by atoms with E-state index in [4.69, 9.17) is 15.1 Å². The monoisotopic (exact) mass is 263 g/mol. The van der Waals surface area contributed by atoms with E-state index in [2.05, 4.69) is 17.9 Å². The Hall–Kier alpha value is -2.75. The van der Waals surface area contributed by atoms with Crippen LogP contribution in [-0.4, -0.2) is 11.7 Å². The lowest BCUT2D eigenvalue weighted by molar-refractivity contribution is 0.305. The molecular formula is C17H13NO2. The maximum atomic E-state index is 9.03. The van der Waals surface area contributed by atoms with Crippen molar-refractivity contribution in [2.45, 2.75) is 6.61 Å². The summed E-state index contributed by atoms with van der Waals surface area (Å²) in [5.74, 6) is 6.08. The van der Waals surface area contributed by atoms with Crippen LogP contribution in [-0.2, 0) is 6.61 Å². The summed E-state index contributed by atoms with van der Waals surface area (Å²) in [7, 11) is 0. The van der Waals surface area contributed by atoms with Crippen LogP contribution in [0.2, 0.25) is 0 Å². The molecule has 0 bridgehead atoms. The van der Waals surface area contributed by atoms with E-state index in [-0.39, 0.29) is 6.61 Å². The van der Waals surface area contributed by atoms with Gasteiger partial charge in [-0.1, -0.05) is 42.2 Å². The lowest BCUT2D eigenvalue weighted by Crippen LogP contribution is -1.99. The van der Waals surface area contributed by atoms with E-state index in [1.165, 1.54) is 0 Å². The molecule has 0 heterocycles. The standard InChI is InChI=1S/C17H13NO2/c18-12-15-7-1-2-8-16(15)13-20-17-10-4-3-6-14(17)9-5-11-19/h1-4,6-8,10,19H,11,13H2. The van der Waals surface area contributed by atoms with Gasteiger partial charge in [-0.15, -0.1) is 0 Å². The number of benzene rings is 2. The Kier molecular flexibility index (Phi) is 4.78. The van der Waals surface area contributed by atoms with Crippen LogP contribution >= 0.6 is 0 Å². The highest BCUT2D eigenvalue weighted by Gasteiger charge is 2.04. The normalized spacial score (nSPS) is 9.20. The van der Waals surface area contributed by atoms with Gasteiger partial charge < -0.3 is 9.84 Å². The minimum absolute atomic E-state index is 0.189. The predicted molar refractivity (Wildman–Crippen MR) is 75.9 cm³/mol. The van der Waals surface area contributed by atoms with Crippen LogP contribution < -0.4 is 4.74 Å². The second kappa shape index (κ2) is 6.99. The van der Waals surface area contributed by atoms with Crippen LogP contribution in [0.5, 0.6) is 5.75 Å². The van der Waals surface area contributed by atoms with Gasteiger partial charge in [0.25, 0.3) is 0 Å². The molecule has 2 rings (SSSR count). The molecule has 0 aliphatic heterocycles. The summed E-state index contributed by atoms with van der Waals surface area (Å²) in [5, 5.41) is 17.8. The number of ether oxygens (including phenoxy) is 1. The van der Waals surface area contributed by atoms with Crippen LogP contribution in [0.4, 0.5) is 0 Å². The van der Waals surface area contributed by atoms with Gasteiger partial charge in [0.05, 0.1) is 17.2 Å². The van der Waals surface area contributed by atoms with Crippen molar-refractivity contribution < 1.29 is 9.84 Å². The number of para-hydroxylation sites is 1. The molecule has 0 atom stereocenters. The maximum Gasteiger partial charge on any atom is 0.135 e. The summed E-state index contributed by atoms with van der Waals surface area (Å²) in [6.07, 6.45) is 0. The first-order chi connectivity index (χ1) is 9.85. The Morgan fingerprint density at radius 2 is 1.70 bits per heavy atom. The lowest BCUT2D eigenvalue weighted by atomic mass is 10.1. The van der Waals surface area contributed by atoms with Crippen molar-refractivity contribution in [1.82, 2.24) is 0 Å². The number of hydrogen-bond acceptors (Lipinski definition) is 3. The number of aliphatic hydroxyl groups is 1. The smallest absolute Gasteiger partial charge is 0.135 e. The highest BCUT2D eigenvalue weighted by Crippen LogP contribution is 2.19. The SMILES string of the molecule is N#Cc1ccccc1COc1ccccc1C#CCO. The highest BCUT2D eigenvalue weighted by molar-refractivity contribution is 5.46. The maximum absolute atomic E-state index is 9.03. The fourth-order valence-corrected chi connectivity index (χ4v) is 1.74. The Morgan fingerprint density at radius 1 is 1.00 bits per heavy atom. The minimum atomic E-state index is -0.189. The third-order valence-corrected chi connectivity index (χ3v) is 2.71. The fraction of sp³-hybridized carbons (Fsp3) is 0.118. The van der Waals surface area contributed by atoms with E-state index >= 15 is 0 Å². The van der Waals surface area contributed by atoms with Crippen LogP contribution in [0.25, 0.3) is 0 Å². The first kappa shape index (κ1) is 13.7. The molecule has 3 heteroatoms. The quantitative estimate of drug-likeness (QED) is 0.865. The molecule has 1 N–H and O–H groups in total. The summed E-state index contributed by atoms with van der Waals surface area (Å²) in [6, 6.07) is 16.8. The van der Waals surface area contributed by atoms with Gasteiger partial charge in [-0.05, 0) is 18.2 Å². The van der Waals surface area contributed by atoms with Gasteiger partial charge in [0.2, 0.25) is 0 Å². The van der Waals surface area contributed by atoms with E-state index < -0.39 is 0 Å². The summed E-state index contributed by atoms with van der Waals surface area (Å²) in [6.45, 7) is 0.118. The van der Waals surface area contributed by atoms with Crippen LogP contribution in [0.3, 0.4) is 0 Å². The number of aliphatic hydroxyl groups excluding tert-OH is 1. The number of nitriles is 1. The molecule has 0 saturated carbocycles. The minimum Gasteiger partial charge on any atom is -0.488 e. The molecule has 2 aromatic rings. The van der Waals surface area contributed by atoms with Crippen molar-refractivity contribution in [1.29, 1.82) is 5.26 Å². The number of rotatable bonds is 3. The second-order valence-electron chi connectivity index (χ2n) is 4.01. The van der Waals surface area contributed by atoms with Crippen molar-refractivity contribution in [3.63, 3.8) is 0 Å². The molecule has 3 nitrogen and oxygen atoms in total. The largest absolute Gasteiger partial charge is 0.488 e. The Morgan fingerprint density at radius 3 is 2.45 bits per heavy atom. The first-order valence-electron chi connectivity index (χ1n) is 6.14. The molecule has 2 aromatic carbocycles. The zero-order valence-electron chi connectivity index (χ0n) is 10.8. The van der Waals surface area contributed by atoms with Crippen LogP contribution in [0.15, 0.2) is 48.5 Å². The van der Waals surface area contributed by atoms with Crippen molar-refractivity contribution >= 4 is 0 Å². The number of hydrogen-bond donors (Lipinski definition) is 1. The van der Waals surface area contributed by atoms with Gasteiger partial charge in [-0.2, -0.15) is 5.26 Å². The zero-order chi connectivity index (χ0) is 14.2. The molecule has 0 amide bonds. The summed E-state index contributed by atoms with van der Waals surface area (Å²) in [4.78, 5) is 0. The molecule has 0 unspecified atom stereocenters. The average Bonchev–Trinajstić information content (AvgIpc) is 2.52. The highest BCUT2D eigenvalue weighted by atomic mass is 16.5. The van der Waals surface area contributed by atoms with Crippen LogP contribution in [0, 0.1) is 23.2 Å². The predicted octanol–water partition coefficient (Wildman–Crippen LogP) is 2.48. The summed E-state index contributed by atoms with van der Waals surface area (Å²) in [5.41, 5.74) is 2.15. The fourth-order valence-electron chi connectivity index (χ4n) is 1.74. The lowest BCUT2D eigenvalue weighted by Gasteiger charge is -2.09. The van der Waals surface area contributed by atoms with E-state index in [1.54, 1.807) is 6.07 Å². The van der Waals surface area contributed by atoms with Gasteiger partial charge in [0.15, 0.2) is 0 Å². The molecule has 0 aromatic heterocycles. The van der Waals surface area contributed by atoms with Gasteiger partial charge in [-0.25, -0.2) is 0 Å². The van der Waals surface area contributed by atoms with Gasteiger partial charge in [0.1, 0.15) is 19.0 Å².